The van der Waals surface area contributed by atoms with Crippen LogP contribution in [0.1, 0.15) is 24.0 Å². The first-order valence-corrected chi connectivity index (χ1v) is 12.8. The number of halogens is 1. The monoisotopic (exact) mass is 492 g/mol. The maximum Gasteiger partial charge on any atom is 0.232 e. The Hall–Kier alpha value is -2.97. The van der Waals surface area contributed by atoms with Gasteiger partial charge in [-0.15, -0.1) is 5.10 Å². The molecule has 0 bridgehead atoms. The number of piperidine rings is 1. The minimum atomic E-state index is 0.142. The van der Waals surface area contributed by atoms with Crippen LogP contribution in [0.15, 0.2) is 66.0 Å². The summed E-state index contributed by atoms with van der Waals surface area (Å²) in [5.74, 6) is 1.11. The van der Waals surface area contributed by atoms with Gasteiger partial charge in [-0.25, -0.2) is 14.6 Å². The second-order valence-electron chi connectivity index (χ2n) is 8.53. The highest BCUT2D eigenvalue weighted by Crippen LogP contribution is 2.26. The van der Waals surface area contributed by atoms with Gasteiger partial charge in [0.2, 0.25) is 5.91 Å². The lowest BCUT2D eigenvalue weighted by atomic mass is 9.90. The average molecular weight is 493 g/mol. The smallest absolute Gasteiger partial charge is 0.232 e. The Morgan fingerprint density at radius 3 is 2.53 bits per heavy atom. The van der Waals surface area contributed by atoms with Gasteiger partial charge in [-0.2, -0.15) is 0 Å². The van der Waals surface area contributed by atoms with Gasteiger partial charge >= 0.3 is 0 Å². The average Bonchev–Trinajstić information content (AvgIpc) is 3.28. The van der Waals surface area contributed by atoms with Gasteiger partial charge in [0.05, 0.1) is 12.3 Å². The first kappa shape index (κ1) is 22.8. The van der Waals surface area contributed by atoms with Gasteiger partial charge in [0.15, 0.2) is 11.2 Å². The van der Waals surface area contributed by atoms with E-state index in [0.717, 1.165) is 37.9 Å². The summed E-state index contributed by atoms with van der Waals surface area (Å²) >= 11 is 7.38. The van der Waals surface area contributed by atoms with Crippen molar-refractivity contribution in [2.24, 2.45) is 5.92 Å². The Morgan fingerprint density at radius 1 is 1.00 bits per heavy atom. The van der Waals surface area contributed by atoms with E-state index in [-0.39, 0.29) is 5.91 Å². The molecule has 1 saturated heterocycles. The number of carbonyl (C=O) groups is 1. The highest BCUT2D eigenvalue weighted by molar-refractivity contribution is 8.00. The van der Waals surface area contributed by atoms with Gasteiger partial charge in [0, 0.05) is 18.1 Å². The largest absolute Gasteiger partial charge is 0.342 e. The molecule has 0 radical (unpaired) electrons. The van der Waals surface area contributed by atoms with E-state index in [9.17, 15) is 4.79 Å². The summed E-state index contributed by atoms with van der Waals surface area (Å²) in [5.41, 5.74) is 3.70. The maximum atomic E-state index is 12.9. The van der Waals surface area contributed by atoms with Crippen LogP contribution < -0.4 is 0 Å². The number of carbonyl (C=O) groups excluding carboxylic acids is 1. The van der Waals surface area contributed by atoms with Crippen molar-refractivity contribution in [3.63, 3.8) is 0 Å². The lowest BCUT2D eigenvalue weighted by Gasteiger charge is -2.32. The third kappa shape index (κ3) is 5.39. The van der Waals surface area contributed by atoms with Crippen LogP contribution >= 0.6 is 23.4 Å². The minimum Gasteiger partial charge on any atom is -0.342 e. The Kier molecular flexibility index (Phi) is 7.06. The highest BCUT2D eigenvalue weighted by atomic mass is 35.5. The topological polar surface area (TPSA) is 76.8 Å². The number of thioether (sulfide) groups is 1. The van der Waals surface area contributed by atoms with Crippen LogP contribution in [0.5, 0.6) is 0 Å². The predicted octanol–water partition coefficient (Wildman–Crippen LogP) is 4.50. The zero-order chi connectivity index (χ0) is 23.3. The first-order valence-electron chi connectivity index (χ1n) is 11.4. The Bertz CT molecular complexity index is 1260. The Labute approximate surface area is 207 Å². The minimum absolute atomic E-state index is 0.142. The van der Waals surface area contributed by atoms with Crippen molar-refractivity contribution in [1.82, 2.24) is 29.9 Å². The summed E-state index contributed by atoms with van der Waals surface area (Å²) in [7, 11) is 0. The van der Waals surface area contributed by atoms with E-state index in [0.29, 0.717) is 39.4 Å². The van der Waals surface area contributed by atoms with Gasteiger partial charge in [0.1, 0.15) is 11.4 Å². The molecule has 1 aliphatic heterocycles. The molecule has 1 amide bonds. The summed E-state index contributed by atoms with van der Waals surface area (Å²) in [5, 5.41) is 9.92. The molecular formula is C25H25ClN6OS. The van der Waals surface area contributed by atoms with Crippen LogP contribution in [0, 0.1) is 5.92 Å². The van der Waals surface area contributed by atoms with Crippen LogP contribution in [-0.4, -0.2) is 54.6 Å². The van der Waals surface area contributed by atoms with Crippen molar-refractivity contribution in [2.75, 3.05) is 18.8 Å². The van der Waals surface area contributed by atoms with Crippen molar-refractivity contribution >= 4 is 40.4 Å². The zero-order valence-corrected chi connectivity index (χ0v) is 20.3. The van der Waals surface area contributed by atoms with Crippen LogP contribution in [-0.2, 0) is 17.8 Å². The molecule has 4 aromatic rings. The van der Waals surface area contributed by atoms with E-state index < -0.39 is 0 Å². The molecule has 34 heavy (non-hydrogen) atoms. The number of hydrogen-bond donors (Lipinski definition) is 0. The van der Waals surface area contributed by atoms with Gasteiger partial charge < -0.3 is 4.90 Å². The number of amides is 1. The van der Waals surface area contributed by atoms with E-state index in [4.69, 9.17) is 11.6 Å². The molecule has 2 aromatic heterocycles. The Morgan fingerprint density at radius 2 is 1.76 bits per heavy atom. The number of fused-ring (bicyclic) bond motifs is 1. The van der Waals surface area contributed by atoms with Crippen molar-refractivity contribution < 1.29 is 4.79 Å². The SMILES string of the molecule is O=C(CSc1ncnc2c1nnn2Cc1ccc(Cl)cc1)N1CCC(Cc2ccccc2)CC1. The fourth-order valence-electron chi connectivity index (χ4n) is 4.30. The van der Waals surface area contributed by atoms with Gasteiger partial charge in [-0.1, -0.05) is 71.0 Å². The van der Waals surface area contributed by atoms with E-state index in [2.05, 4.69) is 44.5 Å². The normalized spacial score (nSPS) is 14.6. The molecule has 1 aliphatic rings. The standard InChI is InChI=1S/C25H25ClN6OS/c26-21-8-6-20(7-9-21)15-32-24-23(29-30-32)25(28-17-27-24)34-16-22(33)31-12-10-19(11-13-31)14-18-4-2-1-3-5-18/h1-9,17,19H,10-16H2. The van der Waals surface area contributed by atoms with Crippen LogP contribution in [0.2, 0.25) is 5.02 Å². The molecule has 1 fully saturated rings. The second-order valence-corrected chi connectivity index (χ2v) is 9.93. The van der Waals surface area contributed by atoms with Crippen molar-refractivity contribution in [3.05, 3.63) is 77.1 Å². The molecule has 174 valence electrons. The van der Waals surface area contributed by atoms with Crippen molar-refractivity contribution in [3.8, 4) is 0 Å². The second kappa shape index (κ2) is 10.5. The van der Waals surface area contributed by atoms with E-state index >= 15 is 0 Å². The quantitative estimate of drug-likeness (QED) is 0.279. The number of benzene rings is 2. The number of aromatic nitrogens is 5. The molecule has 0 atom stereocenters. The Balaban J connectivity index is 1.17. The summed E-state index contributed by atoms with van der Waals surface area (Å²) < 4.78 is 1.74. The molecule has 7 nitrogen and oxygen atoms in total. The molecule has 5 rings (SSSR count). The molecule has 9 heteroatoms. The van der Waals surface area contributed by atoms with Crippen LogP contribution in [0.3, 0.4) is 0 Å². The fraction of sp³-hybridized carbons (Fsp3) is 0.320. The van der Waals surface area contributed by atoms with Crippen LogP contribution in [0.4, 0.5) is 0 Å². The highest BCUT2D eigenvalue weighted by Gasteiger charge is 2.23. The number of nitrogens with zero attached hydrogens (tertiary/aromatic N) is 6. The number of hydrogen-bond acceptors (Lipinski definition) is 6. The predicted molar refractivity (Wildman–Crippen MR) is 134 cm³/mol. The third-order valence-corrected chi connectivity index (χ3v) is 7.39. The summed E-state index contributed by atoms with van der Waals surface area (Å²) in [6.45, 7) is 2.16. The summed E-state index contributed by atoms with van der Waals surface area (Å²) in [6, 6.07) is 18.2. The molecule has 2 aromatic carbocycles. The molecule has 0 saturated carbocycles. The molecule has 0 unspecified atom stereocenters. The fourth-order valence-corrected chi connectivity index (χ4v) is 5.26. The lowest BCUT2D eigenvalue weighted by molar-refractivity contribution is -0.129. The van der Waals surface area contributed by atoms with E-state index in [1.54, 1.807) is 4.68 Å². The lowest BCUT2D eigenvalue weighted by Crippen LogP contribution is -2.39. The van der Waals surface area contributed by atoms with Crippen LogP contribution in [0.25, 0.3) is 11.2 Å². The maximum absolute atomic E-state index is 12.9. The molecular weight excluding hydrogens is 468 g/mol. The molecule has 0 N–H and O–H groups in total. The molecule has 0 spiro atoms. The molecule has 3 heterocycles. The first-order chi connectivity index (χ1) is 16.7. The third-order valence-electron chi connectivity index (χ3n) is 6.18. The van der Waals surface area contributed by atoms with Gasteiger partial charge in [-0.3, -0.25) is 4.79 Å². The van der Waals surface area contributed by atoms with Crippen molar-refractivity contribution in [1.29, 1.82) is 0 Å². The zero-order valence-electron chi connectivity index (χ0n) is 18.7. The van der Waals surface area contributed by atoms with E-state index in [1.807, 2.05) is 35.2 Å². The van der Waals surface area contributed by atoms with Gasteiger partial charge in [0.25, 0.3) is 0 Å². The molecule has 0 aliphatic carbocycles. The summed E-state index contributed by atoms with van der Waals surface area (Å²) in [6.07, 6.45) is 4.68. The van der Waals surface area contributed by atoms with E-state index in [1.165, 1.54) is 23.7 Å². The number of rotatable bonds is 7. The summed E-state index contributed by atoms with van der Waals surface area (Å²) in [4.78, 5) is 23.6. The van der Waals surface area contributed by atoms with Gasteiger partial charge in [-0.05, 0) is 48.4 Å². The van der Waals surface area contributed by atoms with Crippen molar-refractivity contribution in [2.45, 2.75) is 30.8 Å². The number of likely N-dealkylation sites (tertiary alicyclic amines) is 1.